The molecule has 1 aromatic heterocycles. The lowest BCUT2D eigenvalue weighted by atomic mass is 10.2. The molecule has 0 saturated carbocycles. The van der Waals surface area contributed by atoms with Gasteiger partial charge in [0.05, 0.1) is 17.1 Å². The number of rotatable bonds is 3. The Labute approximate surface area is 128 Å². The van der Waals surface area contributed by atoms with E-state index in [1.165, 1.54) is 0 Å². The van der Waals surface area contributed by atoms with Gasteiger partial charge in [0.1, 0.15) is 18.1 Å². The number of aromatic nitrogens is 2. The van der Waals surface area contributed by atoms with Crippen LogP contribution in [0.5, 0.6) is 11.5 Å². The highest BCUT2D eigenvalue weighted by molar-refractivity contribution is 7.92. The lowest BCUT2D eigenvalue weighted by Gasteiger charge is -2.20. The van der Waals surface area contributed by atoms with Gasteiger partial charge in [-0.3, -0.25) is 9.82 Å². The summed E-state index contributed by atoms with van der Waals surface area (Å²) in [6.07, 6.45) is 0. The summed E-state index contributed by atoms with van der Waals surface area (Å²) < 4.78 is 38.7. The van der Waals surface area contributed by atoms with Gasteiger partial charge in [-0.05, 0) is 32.4 Å². The van der Waals surface area contributed by atoms with Gasteiger partial charge < -0.3 is 9.47 Å². The molecule has 0 aliphatic carbocycles. The van der Waals surface area contributed by atoms with Gasteiger partial charge in [0.2, 0.25) is 0 Å². The summed E-state index contributed by atoms with van der Waals surface area (Å²) in [5, 5.41) is 6.61. The zero-order valence-electron chi connectivity index (χ0n) is 12.6. The normalized spacial score (nSPS) is 14.0. The number of nitrogens with zero attached hydrogens (tertiary/aromatic N) is 1. The van der Waals surface area contributed by atoms with E-state index in [9.17, 15) is 8.42 Å². The zero-order chi connectivity index (χ0) is 15.9. The molecule has 0 amide bonds. The Bertz CT molecular complexity index is 807. The zero-order valence-corrected chi connectivity index (χ0v) is 13.4. The molecular formula is C14H17N3O4S. The first kappa shape index (κ1) is 14.7. The number of hydrogen-bond donors (Lipinski definition) is 2. The average Bonchev–Trinajstić information content (AvgIpc) is 2.79. The number of ether oxygens (including phenoxy) is 2. The van der Waals surface area contributed by atoms with E-state index in [1.54, 1.807) is 26.0 Å². The SMILES string of the molecule is Cc1cc2c(cc1NS(=O)(=O)c1c(C)n[nH]c1C)OCCO2. The van der Waals surface area contributed by atoms with Gasteiger partial charge in [-0.1, -0.05) is 0 Å². The summed E-state index contributed by atoms with van der Waals surface area (Å²) in [4.78, 5) is 0.168. The molecule has 0 saturated heterocycles. The van der Waals surface area contributed by atoms with Crippen molar-refractivity contribution < 1.29 is 17.9 Å². The molecule has 7 nitrogen and oxygen atoms in total. The van der Waals surface area contributed by atoms with Crippen molar-refractivity contribution in [3.63, 3.8) is 0 Å². The van der Waals surface area contributed by atoms with E-state index in [-0.39, 0.29) is 4.90 Å². The van der Waals surface area contributed by atoms with Crippen molar-refractivity contribution in [1.82, 2.24) is 10.2 Å². The first-order valence-electron chi connectivity index (χ1n) is 6.83. The molecule has 2 N–H and O–H groups in total. The van der Waals surface area contributed by atoms with Crippen molar-refractivity contribution >= 4 is 15.7 Å². The number of H-pyrrole nitrogens is 1. The monoisotopic (exact) mass is 323 g/mol. The highest BCUT2D eigenvalue weighted by Crippen LogP contribution is 2.36. The van der Waals surface area contributed by atoms with Crippen LogP contribution in [0, 0.1) is 20.8 Å². The topological polar surface area (TPSA) is 93.3 Å². The molecule has 1 aliphatic heterocycles. The second-order valence-electron chi connectivity index (χ2n) is 5.18. The van der Waals surface area contributed by atoms with Crippen molar-refractivity contribution in [2.24, 2.45) is 0 Å². The maximum absolute atomic E-state index is 12.6. The molecule has 2 heterocycles. The molecule has 3 rings (SSSR count). The average molecular weight is 323 g/mol. The highest BCUT2D eigenvalue weighted by atomic mass is 32.2. The van der Waals surface area contributed by atoms with Crippen LogP contribution in [-0.4, -0.2) is 31.8 Å². The predicted molar refractivity (Wildman–Crippen MR) is 81.0 cm³/mol. The van der Waals surface area contributed by atoms with E-state index < -0.39 is 10.0 Å². The van der Waals surface area contributed by atoms with E-state index in [2.05, 4.69) is 14.9 Å². The summed E-state index contributed by atoms with van der Waals surface area (Å²) in [5.41, 5.74) is 2.15. The minimum absolute atomic E-state index is 0.168. The predicted octanol–water partition coefficient (Wildman–Crippen LogP) is 1.91. The molecule has 0 fully saturated rings. The molecule has 1 aromatic carbocycles. The van der Waals surface area contributed by atoms with Gasteiger partial charge >= 0.3 is 0 Å². The van der Waals surface area contributed by atoms with Crippen LogP contribution in [0.15, 0.2) is 17.0 Å². The summed E-state index contributed by atoms with van der Waals surface area (Å²) >= 11 is 0. The van der Waals surface area contributed by atoms with Crippen molar-refractivity contribution in [3.8, 4) is 11.5 Å². The van der Waals surface area contributed by atoms with Gasteiger partial charge in [-0.2, -0.15) is 5.10 Å². The third kappa shape index (κ3) is 2.50. The Hall–Kier alpha value is -2.22. The molecule has 0 atom stereocenters. The highest BCUT2D eigenvalue weighted by Gasteiger charge is 2.24. The second-order valence-corrected chi connectivity index (χ2v) is 6.80. The number of aromatic amines is 1. The molecule has 0 bridgehead atoms. The van der Waals surface area contributed by atoms with Crippen LogP contribution in [0.1, 0.15) is 17.0 Å². The van der Waals surface area contributed by atoms with Crippen molar-refractivity contribution in [3.05, 3.63) is 29.1 Å². The first-order chi connectivity index (χ1) is 10.4. The number of nitrogens with one attached hydrogen (secondary N) is 2. The lowest BCUT2D eigenvalue weighted by Crippen LogP contribution is -2.18. The minimum atomic E-state index is -3.72. The Balaban J connectivity index is 1.99. The van der Waals surface area contributed by atoms with Crippen molar-refractivity contribution in [2.75, 3.05) is 17.9 Å². The number of anilines is 1. The maximum atomic E-state index is 12.6. The van der Waals surface area contributed by atoms with Crippen LogP contribution in [0.25, 0.3) is 0 Å². The minimum Gasteiger partial charge on any atom is -0.486 e. The van der Waals surface area contributed by atoms with E-state index in [0.717, 1.165) is 5.56 Å². The Morgan fingerprint density at radius 1 is 1.14 bits per heavy atom. The number of sulfonamides is 1. The van der Waals surface area contributed by atoms with Gasteiger partial charge in [0.25, 0.3) is 10.0 Å². The number of benzene rings is 1. The van der Waals surface area contributed by atoms with Crippen LogP contribution < -0.4 is 14.2 Å². The first-order valence-corrected chi connectivity index (χ1v) is 8.31. The largest absolute Gasteiger partial charge is 0.486 e. The second kappa shape index (κ2) is 5.20. The molecule has 118 valence electrons. The molecule has 22 heavy (non-hydrogen) atoms. The number of fused-ring (bicyclic) bond motifs is 1. The van der Waals surface area contributed by atoms with Crippen LogP contribution in [0.3, 0.4) is 0 Å². The molecule has 0 unspecified atom stereocenters. The van der Waals surface area contributed by atoms with Crippen LogP contribution in [0.2, 0.25) is 0 Å². The molecule has 0 radical (unpaired) electrons. The fourth-order valence-corrected chi connectivity index (χ4v) is 3.93. The quantitative estimate of drug-likeness (QED) is 0.900. The van der Waals surface area contributed by atoms with E-state index in [1.807, 2.05) is 6.92 Å². The summed E-state index contributed by atoms with van der Waals surface area (Å²) in [6, 6.07) is 3.41. The Morgan fingerprint density at radius 2 is 1.77 bits per heavy atom. The van der Waals surface area contributed by atoms with Crippen molar-refractivity contribution in [1.29, 1.82) is 0 Å². The molecule has 2 aromatic rings. The number of aryl methyl sites for hydroxylation is 3. The van der Waals surface area contributed by atoms with Crippen molar-refractivity contribution in [2.45, 2.75) is 25.7 Å². The van der Waals surface area contributed by atoms with E-state index in [4.69, 9.17) is 9.47 Å². The molecular weight excluding hydrogens is 306 g/mol. The third-order valence-corrected chi connectivity index (χ3v) is 5.09. The molecule has 1 aliphatic rings. The third-order valence-electron chi connectivity index (χ3n) is 3.46. The van der Waals surface area contributed by atoms with Crippen LogP contribution in [-0.2, 0) is 10.0 Å². The standard InChI is InChI=1S/C14H17N3O4S/c1-8-6-12-13(21-5-4-20-12)7-11(8)17-22(18,19)14-9(2)15-16-10(14)3/h6-7,17H,4-5H2,1-3H3,(H,15,16). The summed E-state index contributed by atoms with van der Waals surface area (Å²) in [5.74, 6) is 1.16. The maximum Gasteiger partial charge on any atom is 0.265 e. The molecule has 0 spiro atoms. The Morgan fingerprint density at radius 3 is 2.36 bits per heavy atom. The van der Waals surface area contributed by atoms with Crippen LogP contribution >= 0.6 is 0 Å². The Kier molecular flexibility index (Phi) is 3.48. The number of hydrogen-bond acceptors (Lipinski definition) is 5. The fourth-order valence-electron chi connectivity index (χ4n) is 2.43. The summed E-state index contributed by atoms with van der Waals surface area (Å²) in [6.45, 7) is 6.07. The summed E-state index contributed by atoms with van der Waals surface area (Å²) in [7, 11) is -3.72. The van der Waals surface area contributed by atoms with Gasteiger partial charge in [0, 0.05) is 6.07 Å². The van der Waals surface area contributed by atoms with Gasteiger partial charge in [-0.25, -0.2) is 8.42 Å². The smallest absolute Gasteiger partial charge is 0.265 e. The fraction of sp³-hybridized carbons (Fsp3) is 0.357. The molecule has 8 heteroatoms. The van der Waals surface area contributed by atoms with E-state index in [0.29, 0.717) is 41.8 Å². The van der Waals surface area contributed by atoms with Crippen LogP contribution in [0.4, 0.5) is 5.69 Å². The van der Waals surface area contributed by atoms with Gasteiger partial charge in [-0.15, -0.1) is 0 Å². The van der Waals surface area contributed by atoms with E-state index >= 15 is 0 Å². The van der Waals surface area contributed by atoms with Gasteiger partial charge in [0.15, 0.2) is 11.5 Å². The lowest BCUT2D eigenvalue weighted by molar-refractivity contribution is 0.171.